The van der Waals surface area contributed by atoms with E-state index in [0.717, 1.165) is 13.0 Å². The fourth-order valence-electron chi connectivity index (χ4n) is 1.53. The van der Waals surface area contributed by atoms with Gasteiger partial charge in [0.15, 0.2) is 0 Å². The van der Waals surface area contributed by atoms with Crippen LogP contribution in [0, 0.1) is 0 Å². The summed E-state index contributed by atoms with van der Waals surface area (Å²) in [5, 5.41) is 11.8. The van der Waals surface area contributed by atoms with E-state index in [1.54, 1.807) is 0 Å². The van der Waals surface area contributed by atoms with Crippen molar-refractivity contribution in [2.45, 2.75) is 37.8 Å². The average Bonchev–Trinajstić information content (AvgIpc) is 2.06. The quantitative estimate of drug-likeness (QED) is 0.557. The Morgan fingerprint density at radius 1 is 1.67 bits per heavy atom. The van der Waals surface area contributed by atoms with E-state index in [2.05, 4.69) is 5.32 Å². The lowest BCUT2D eigenvalue weighted by Crippen LogP contribution is -2.42. The molecule has 2 atom stereocenters. The summed E-state index contributed by atoms with van der Waals surface area (Å²) in [4.78, 5) is 10.4. The lowest BCUT2D eigenvalue weighted by Gasteiger charge is -2.24. The van der Waals surface area contributed by atoms with Crippen molar-refractivity contribution in [3.05, 3.63) is 0 Å². The molecule has 0 saturated carbocycles. The van der Waals surface area contributed by atoms with Gasteiger partial charge in [0, 0.05) is 6.04 Å². The predicted molar refractivity (Wildman–Crippen MR) is 45.9 cm³/mol. The van der Waals surface area contributed by atoms with Crippen LogP contribution in [0.25, 0.3) is 0 Å². The first-order valence-electron chi connectivity index (χ1n) is 4.42. The Balaban J connectivity index is 2.24. The molecule has 4 N–H and O–H groups in total. The van der Waals surface area contributed by atoms with Crippen molar-refractivity contribution in [1.82, 2.24) is 5.32 Å². The zero-order chi connectivity index (χ0) is 8.97. The van der Waals surface area contributed by atoms with Crippen LogP contribution in [0.15, 0.2) is 0 Å². The number of nitrogens with one attached hydrogen (secondary N) is 1. The summed E-state index contributed by atoms with van der Waals surface area (Å²) in [6, 6.07) is -0.398. The molecule has 1 unspecified atom stereocenters. The number of piperidine rings is 1. The number of hydrogen-bond acceptors (Lipinski definition) is 3. The van der Waals surface area contributed by atoms with E-state index in [1.165, 1.54) is 12.8 Å². The minimum absolute atomic E-state index is 0.310. The monoisotopic (exact) mass is 172 g/mol. The molecule has 0 amide bonds. The lowest BCUT2D eigenvalue weighted by molar-refractivity contribution is -0.138. The van der Waals surface area contributed by atoms with Gasteiger partial charge in [0.2, 0.25) is 0 Å². The van der Waals surface area contributed by atoms with Crippen molar-refractivity contribution in [3.63, 3.8) is 0 Å². The molecule has 0 aromatic carbocycles. The van der Waals surface area contributed by atoms with Gasteiger partial charge in [-0.2, -0.15) is 0 Å². The van der Waals surface area contributed by atoms with E-state index < -0.39 is 12.0 Å². The Morgan fingerprint density at radius 3 is 2.92 bits per heavy atom. The normalized spacial score (nSPS) is 26.6. The number of aliphatic carboxylic acids is 1. The number of carboxylic acids is 1. The topological polar surface area (TPSA) is 75.3 Å². The smallest absolute Gasteiger partial charge is 0.320 e. The summed E-state index contributed by atoms with van der Waals surface area (Å²) >= 11 is 0. The highest BCUT2D eigenvalue weighted by Gasteiger charge is 2.19. The maximum Gasteiger partial charge on any atom is 0.320 e. The molecule has 4 heteroatoms. The highest BCUT2D eigenvalue weighted by atomic mass is 16.4. The summed E-state index contributed by atoms with van der Waals surface area (Å²) in [6.07, 6.45) is 3.99. The van der Waals surface area contributed by atoms with Gasteiger partial charge in [-0.05, 0) is 25.8 Å². The number of carboxylic acid groups (broad SMARTS) is 1. The zero-order valence-corrected chi connectivity index (χ0v) is 7.12. The van der Waals surface area contributed by atoms with Crippen LogP contribution >= 0.6 is 0 Å². The van der Waals surface area contributed by atoms with Crippen molar-refractivity contribution >= 4 is 5.97 Å². The number of hydrogen-bond donors (Lipinski definition) is 3. The van der Waals surface area contributed by atoms with Gasteiger partial charge in [-0.3, -0.25) is 4.79 Å². The summed E-state index contributed by atoms with van der Waals surface area (Å²) < 4.78 is 0. The largest absolute Gasteiger partial charge is 0.480 e. The fourth-order valence-corrected chi connectivity index (χ4v) is 1.53. The minimum atomic E-state index is -0.901. The van der Waals surface area contributed by atoms with Gasteiger partial charge in [-0.15, -0.1) is 0 Å². The van der Waals surface area contributed by atoms with Crippen LogP contribution in [0.3, 0.4) is 0 Å². The molecule has 0 spiro atoms. The van der Waals surface area contributed by atoms with E-state index >= 15 is 0 Å². The van der Waals surface area contributed by atoms with Crippen LogP contribution in [-0.2, 0) is 4.79 Å². The van der Waals surface area contributed by atoms with Crippen molar-refractivity contribution in [1.29, 1.82) is 0 Å². The Labute approximate surface area is 72.1 Å². The summed E-state index contributed by atoms with van der Waals surface area (Å²) in [7, 11) is 0. The van der Waals surface area contributed by atoms with Crippen LogP contribution < -0.4 is 11.1 Å². The van der Waals surface area contributed by atoms with Crippen LogP contribution in [0.4, 0.5) is 0 Å². The number of carbonyl (C=O) groups is 1. The maximum atomic E-state index is 10.4. The van der Waals surface area contributed by atoms with Crippen molar-refractivity contribution in [2.24, 2.45) is 5.73 Å². The summed E-state index contributed by atoms with van der Waals surface area (Å²) in [5.74, 6) is -0.901. The molecule has 0 aliphatic carbocycles. The van der Waals surface area contributed by atoms with E-state index in [-0.39, 0.29) is 0 Å². The molecule has 0 bridgehead atoms. The molecule has 0 aromatic rings. The first-order chi connectivity index (χ1) is 5.70. The molecule has 70 valence electrons. The van der Waals surface area contributed by atoms with Gasteiger partial charge < -0.3 is 16.2 Å². The predicted octanol–water partition coefficient (Wildman–Crippen LogP) is -0.0695. The highest BCUT2D eigenvalue weighted by molar-refractivity contribution is 5.73. The standard InChI is InChI=1S/C8H16N2O2/c9-7(8(11)12)5-6-3-1-2-4-10-6/h6-7,10H,1-5,9H2,(H,11,12)/t6?,7-/m0/s1. The van der Waals surface area contributed by atoms with Crippen LogP contribution in [0.1, 0.15) is 25.7 Å². The summed E-state index contributed by atoms with van der Waals surface area (Å²) in [6.45, 7) is 0.997. The Kier molecular flexibility index (Phi) is 3.49. The molecule has 1 saturated heterocycles. The van der Waals surface area contributed by atoms with Crippen LogP contribution in [0.5, 0.6) is 0 Å². The van der Waals surface area contributed by atoms with E-state index in [9.17, 15) is 4.79 Å². The second-order valence-corrected chi connectivity index (χ2v) is 3.33. The third-order valence-corrected chi connectivity index (χ3v) is 2.27. The highest BCUT2D eigenvalue weighted by Crippen LogP contribution is 2.11. The molecule has 4 nitrogen and oxygen atoms in total. The van der Waals surface area contributed by atoms with E-state index in [0.29, 0.717) is 12.5 Å². The average molecular weight is 172 g/mol. The second kappa shape index (κ2) is 4.42. The zero-order valence-electron chi connectivity index (χ0n) is 7.12. The molecule has 1 fully saturated rings. The van der Waals surface area contributed by atoms with E-state index in [1.807, 2.05) is 0 Å². The van der Waals surface area contributed by atoms with Crippen molar-refractivity contribution in [3.8, 4) is 0 Å². The number of nitrogens with two attached hydrogens (primary N) is 1. The van der Waals surface area contributed by atoms with Gasteiger partial charge in [-0.25, -0.2) is 0 Å². The molecule has 1 aliphatic rings. The first kappa shape index (κ1) is 9.48. The van der Waals surface area contributed by atoms with E-state index in [4.69, 9.17) is 10.8 Å². The molecular formula is C8H16N2O2. The van der Waals surface area contributed by atoms with Gasteiger partial charge in [0.1, 0.15) is 6.04 Å². The van der Waals surface area contributed by atoms with Gasteiger partial charge in [0.25, 0.3) is 0 Å². The fraction of sp³-hybridized carbons (Fsp3) is 0.875. The molecule has 0 aromatic heterocycles. The molecule has 1 aliphatic heterocycles. The first-order valence-corrected chi connectivity index (χ1v) is 4.42. The third kappa shape index (κ3) is 2.79. The minimum Gasteiger partial charge on any atom is -0.480 e. The van der Waals surface area contributed by atoms with Crippen LogP contribution in [0.2, 0.25) is 0 Å². The molecule has 1 rings (SSSR count). The van der Waals surface area contributed by atoms with Gasteiger partial charge >= 0.3 is 5.97 Å². The Bertz CT molecular complexity index is 155. The molecule has 1 heterocycles. The second-order valence-electron chi connectivity index (χ2n) is 3.33. The maximum absolute atomic E-state index is 10.4. The van der Waals surface area contributed by atoms with Gasteiger partial charge in [0.05, 0.1) is 0 Å². The SMILES string of the molecule is N[C@@H](CC1CCCCN1)C(=O)O. The Morgan fingerprint density at radius 2 is 2.42 bits per heavy atom. The Hall–Kier alpha value is -0.610. The van der Waals surface area contributed by atoms with Crippen molar-refractivity contribution in [2.75, 3.05) is 6.54 Å². The third-order valence-electron chi connectivity index (χ3n) is 2.27. The molecule has 12 heavy (non-hydrogen) atoms. The van der Waals surface area contributed by atoms with Gasteiger partial charge in [-0.1, -0.05) is 6.42 Å². The van der Waals surface area contributed by atoms with Crippen LogP contribution in [-0.4, -0.2) is 29.7 Å². The number of rotatable bonds is 3. The lowest BCUT2D eigenvalue weighted by atomic mass is 9.98. The summed E-state index contributed by atoms with van der Waals surface area (Å²) in [5.41, 5.74) is 5.41. The van der Waals surface area contributed by atoms with Crippen molar-refractivity contribution < 1.29 is 9.90 Å². The molecule has 0 radical (unpaired) electrons. The molecular weight excluding hydrogens is 156 g/mol.